The first-order valence-corrected chi connectivity index (χ1v) is 5.02. The Morgan fingerprint density at radius 2 is 2.14 bits per heavy atom. The van der Waals surface area contributed by atoms with Crippen LogP contribution in [0.1, 0.15) is 25.5 Å². The van der Waals surface area contributed by atoms with Crippen LogP contribution in [-0.2, 0) is 4.74 Å². The summed E-state index contributed by atoms with van der Waals surface area (Å²) in [6.07, 6.45) is 0.673. The van der Waals surface area contributed by atoms with Gasteiger partial charge >= 0.3 is 0 Å². The summed E-state index contributed by atoms with van der Waals surface area (Å²) >= 11 is 0. The SMILES string of the molecule is COc1cccc([C@@H]2O[C@@H]2C(C)C)c1. The highest BCUT2D eigenvalue weighted by molar-refractivity contribution is 5.32. The largest absolute Gasteiger partial charge is 0.497 e. The number of benzene rings is 1. The number of hydrogen-bond donors (Lipinski definition) is 0. The van der Waals surface area contributed by atoms with Gasteiger partial charge in [0.15, 0.2) is 0 Å². The van der Waals surface area contributed by atoms with Crippen LogP contribution in [0.25, 0.3) is 0 Å². The van der Waals surface area contributed by atoms with Gasteiger partial charge in [-0.3, -0.25) is 0 Å². The topological polar surface area (TPSA) is 21.8 Å². The second-order valence-electron chi connectivity index (χ2n) is 4.04. The number of epoxide rings is 1. The van der Waals surface area contributed by atoms with Crippen LogP contribution in [0.3, 0.4) is 0 Å². The lowest BCUT2D eigenvalue weighted by Crippen LogP contribution is -1.98. The number of hydrogen-bond acceptors (Lipinski definition) is 2. The highest BCUT2D eigenvalue weighted by atomic mass is 16.6. The minimum Gasteiger partial charge on any atom is -0.497 e. The molecule has 2 nitrogen and oxygen atoms in total. The molecule has 2 atom stereocenters. The Hall–Kier alpha value is -1.02. The van der Waals surface area contributed by atoms with Crippen molar-refractivity contribution in [2.24, 2.45) is 5.92 Å². The van der Waals surface area contributed by atoms with E-state index in [1.165, 1.54) is 5.56 Å². The molecule has 0 N–H and O–H groups in total. The lowest BCUT2D eigenvalue weighted by Gasteiger charge is -2.02. The molecule has 14 heavy (non-hydrogen) atoms. The molecule has 0 aromatic heterocycles. The van der Waals surface area contributed by atoms with Crippen LogP contribution in [0.2, 0.25) is 0 Å². The zero-order valence-electron chi connectivity index (χ0n) is 8.86. The molecule has 1 aromatic rings. The third-order valence-corrected chi connectivity index (χ3v) is 2.60. The van der Waals surface area contributed by atoms with Crippen LogP contribution in [0.15, 0.2) is 24.3 Å². The molecule has 76 valence electrons. The van der Waals surface area contributed by atoms with E-state index in [0.717, 1.165) is 5.75 Å². The third kappa shape index (κ3) is 1.75. The molecule has 1 aromatic carbocycles. The minimum absolute atomic E-state index is 0.282. The predicted octanol–water partition coefficient (Wildman–Crippen LogP) is 2.79. The monoisotopic (exact) mass is 192 g/mol. The van der Waals surface area contributed by atoms with E-state index in [1.807, 2.05) is 18.2 Å². The average Bonchev–Trinajstić information content (AvgIpc) is 2.97. The van der Waals surface area contributed by atoms with Gasteiger partial charge < -0.3 is 9.47 Å². The van der Waals surface area contributed by atoms with Crippen molar-refractivity contribution < 1.29 is 9.47 Å². The molecular weight excluding hydrogens is 176 g/mol. The van der Waals surface area contributed by atoms with Gasteiger partial charge in [-0.1, -0.05) is 26.0 Å². The van der Waals surface area contributed by atoms with Gasteiger partial charge in [0.2, 0.25) is 0 Å². The summed E-state index contributed by atoms with van der Waals surface area (Å²) in [5, 5.41) is 0. The van der Waals surface area contributed by atoms with E-state index < -0.39 is 0 Å². The molecule has 0 saturated carbocycles. The molecule has 0 bridgehead atoms. The van der Waals surface area contributed by atoms with E-state index in [2.05, 4.69) is 19.9 Å². The van der Waals surface area contributed by atoms with Crippen LogP contribution in [0.5, 0.6) is 5.75 Å². The Bertz CT molecular complexity index is 320. The molecule has 1 fully saturated rings. The average molecular weight is 192 g/mol. The van der Waals surface area contributed by atoms with E-state index in [0.29, 0.717) is 12.0 Å². The van der Waals surface area contributed by atoms with E-state index in [4.69, 9.17) is 9.47 Å². The zero-order valence-corrected chi connectivity index (χ0v) is 8.86. The van der Waals surface area contributed by atoms with E-state index >= 15 is 0 Å². The van der Waals surface area contributed by atoms with Gasteiger partial charge in [-0.15, -0.1) is 0 Å². The molecule has 1 saturated heterocycles. The Kier molecular flexibility index (Phi) is 2.46. The van der Waals surface area contributed by atoms with Crippen molar-refractivity contribution in [3.05, 3.63) is 29.8 Å². The Balaban J connectivity index is 2.11. The summed E-state index contributed by atoms with van der Waals surface area (Å²) in [7, 11) is 1.69. The maximum Gasteiger partial charge on any atom is 0.119 e. The Morgan fingerprint density at radius 1 is 1.36 bits per heavy atom. The van der Waals surface area contributed by atoms with Crippen molar-refractivity contribution in [1.82, 2.24) is 0 Å². The standard InChI is InChI=1S/C12H16O2/c1-8(2)11-12(14-11)9-5-4-6-10(7-9)13-3/h4-8,11-12H,1-3H3/t11-,12+/m1/s1. The van der Waals surface area contributed by atoms with Crippen LogP contribution in [-0.4, -0.2) is 13.2 Å². The summed E-state index contributed by atoms with van der Waals surface area (Å²) in [6.45, 7) is 4.37. The van der Waals surface area contributed by atoms with Gasteiger partial charge in [0.05, 0.1) is 13.2 Å². The molecule has 0 aliphatic carbocycles. The molecule has 1 aliphatic rings. The number of rotatable bonds is 3. The fourth-order valence-corrected chi connectivity index (χ4v) is 1.72. The lowest BCUT2D eigenvalue weighted by atomic mass is 10.0. The van der Waals surface area contributed by atoms with Gasteiger partial charge in [0.1, 0.15) is 11.9 Å². The molecule has 1 heterocycles. The van der Waals surface area contributed by atoms with Crippen molar-refractivity contribution in [1.29, 1.82) is 0 Å². The fraction of sp³-hybridized carbons (Fsp3) is 0.500. The second kappa shape index (κ2) is 3.62. The van der Waals surface area contributed by atoms with E-state index in [1.54, 1.807) is 7.11 Å². The summed E-state index contributed by atoms with van der Waals surface area (Å²) in [4.78, 5) is 0. The van der Waals surface area contributed by atoms with Crippen molar-refractivity contribution in [2.45, 2.75) is 26.1 Å². The summed E-state index contributed by atoms with van der Waals surface area (Å²) in [6, 6.07) is 8.10. The van der Waals surface area contributed by atoms with Crippen molar-refractivity contribution >= 4 is 0 Å². The van der Waals surface area contributed by atoms with Crippen molar-refractivity contribution in [3.8, 4) is 5.75 Å². The van der Waals surface area contributed by atoms with Gasteiger partial charge in [0, 0.05) is 0 Å². The van der Waals surface area contributed by atoms with Crippen molar-refractivity contribution in [3.63, 3.8) is 0 Å². The molecule has 0 spiro atoms. The Morgan fingerprint density at radius 3 is 2.71 bits per heavy atom. The smallest absolute Gasteiger partial charge is 0.119 e. The first-order valence-electron chi connectivity index (χ1n) is 5.02. The molecular formula is C12H16O2. The van der Waals surface area contributed by atoms with E-state index in [-0.39, 0.29) is 6.10 Å². The van der Waals surface area contributed by atoms with Gasteiger partial charge in [-0.25, -0.2) is 0 Å². The van der Waals surface area contributed by atoms with Crippen LogP contribution in [0, 0.1) is 5.92 Å². The van der Waals surface area contributed by atoms with Crippen LogP contribution < -0.4 is 4.74 Å². The predicted molar refractivity (Wildman–Crippen MR) is 55.4 cm³/mol. The number of ether oxygens (including phenoxy) is 2. The number of methoxy groups -OCH3 is 1. The first kappa shape index (κ1) is 9.53. The lowest BCUT2D eigenvalue weighted by molar-refractivity contribution is 0.336. The summed E-state index contributed by atoms with van der Waals surface area (Å²) < 4.78 is 10.8. The van der Waals surface area contributed by atoms with Gasteiger partial charge in [-0.05, 0) is 23.6 Å². The molecule has 1 aliphatic heterocycles. The molecule has 2 heteroatoms. The van der Waals surface area contributed by atoms with Crippen molar-refractivity contribution in [2.75, 3.05) is 7.11 Å². The molecule has 0 radical (unpaired) electrons. The molecule has 0 amide bonds. The summed E-state index contributed by atoms with van der Waals surface area (Å²) in [5.41, 5.74) is 1.23. The molecule has 0 unspecified atom stereocenters. The summed E-state index contributed by atoms with van der Waals surface area (Å²) in [5.74, 6) is 1.49. The van der Waals surface area contributed by atoms with Gasteiger partial charge in [0.25, 0.3) is 0 Å². The van der Waals surface area contributed by atoms with E-state index in [9.17, 15) is 0 Å². The minimum atomic E-state index is 0.282. The van der Waals surface area contributed by atoms with Gasteiger partial charge in [-0.2, -0.15) is 0 Å². The second-order valence-corrected chi connectivity index (χ2v) is 4.04. The quantitative estimate of drug-likeness (QED) is 0.687. The fourth-order valence-electron chi connectivity index (χ4n) is 1.72. The zero-order chi connectivity index (χ0) is 10.1. The maximum absolute atomic E-state index is 5.61. The van der Waals surface area contributed by atoms with Crippen LogP contribution >= 0.6 is 0 Å². The first-order chi connectivity index (χ1) is 6.72. The normalized spacial score (nSPS) is 25.1. The maximum atomic E-state index is 5.61. The molecule has 2 rings (SSSR count). The highest BCUT2D eigenvalue weighted by Crippen LogP contribution is 2.43. The highest BCUT2D eigenvalue weighted by Gasteiger charge is 2.42. The third-order valence-electron chi connectivity index (χ3n) is 2.60. The van der Waals surface area contributed by atoms with Crippen LogP contribution in [0.4, 0.5) is 0 Å². The Labute approximate surface area is 84.8 Å².